The Kier molecular flexibility index (Phi) is 9.85. The van der Waals surface area contributed by atoms with Crippen LogP contribution in [0.2, 0.25) is 0 Å². The van der Waals surface area contributed by atoms with E-state index < -0.39 is 10.0 Å². The van der Waals surface area contributed by atoms with Crippen molar-refractivity contribution in [1.29, 1.82) is 0 Å². The molecular formula is C9H21NO5S. The van der Waals surface area contributed by atoms with Gasteiger partial charge in [0.25, 0.3) is 0 Å². The van der Waals surface area contributed by atoms with Gasteiger partial charge in [0.05, 0.1) is 25.6 Å². The summed E-state index contributed by atoms with van der Waals surface area (Å²) in [7, 11) is -0.0573. The van der Waals surface area contributed by atoms with Gasteiger partial charge in [-0.1, -0.05) is 0 Å². The van der Waals surface area contributed by atoms with Crippen LogP contribution >= 0.6 is 0 Å². The molecule has 6 nitrogen and oxygen atoms in total. The minimum Gasteiger partial charge on any atom is -0.385 e. The zero-order valence-corrected chi connectivity index (χ0v) is 10.7. The molecule has 0 bridgehead atoms. The molecule has 0 spiro atoms. The predicted molar refractivity (Wildman–Crippen MR) is 61.0 cm³/mol. The fourth-order valence-electron chi connectivity index (χ4n) is 0.979. The van der Waals surface area contributed by atoms with Gasteiger partial charge in [-0.15, -0.1) is 0 Å². The van der Waals surface area contributed by atoms with Crippen molar-refractivity contribution < 1.29 is 22.6 Å². The minimum absolute atomic E-state index is 0.0823. The van der Waals surface area contributed by atoms with E-state index in [1.165, 1.54) is 0 Å². The Bertz CT molecular complexity index is 242. The maximum absolute atomic E-state index is 11.3. The lowest BCUT2D eigenvalue weighted by Crippen LogP contribution is -2.30. The molecule has 16 heavy (non-hydrogen) atoms. The Balaban J connectivity index is 3.43. The number of nitrogens with one attached hydrogen (secondary N) is 1. The molecule has 0 aliphatic rings. The van der Waals surface area contributed by atoms with E-state index in [0.717, 1.165) is 0 Å². The smallest absolute Gasteiger partial charge is 0.211 e. The minimum atomic E-state index is -3.19. The average Bonchev–Trinajstić information content (AvgIpc) is 2.23. The first-order chi connectivity index (χ1) is 7.62. The van der Waals surface area contributed by atoms with Gasteiger partial charge >= 0.3 is 0 Å². The normalized spacial score (nSPS) is 11.9. The molecule has 98 valence electrons. The topological polar surface area (TPSA) is 73.9 Å². The van der Waals surface area contributed by atoms with Crippen molar-refractivity contribution in [2.75, 3.05) is 52.9 Å². The van der Waals surface area contributed by atoms with Crippen molar-refractivity contribution in [3.63, 3.8) is 0 Å². The summed E-state index contributed by atoms with van der Waals surface area (Å²) in [4.78, 5) is 0. The summed E-state index contributed by atoms with van der Waals surface area (Å²) in [5.74, 6) is 0.0823. The lowest BCUT2D eigenvalue weighted by atomic mass is 10.5. The van der Waals surface area contributed by atoms with Gasteiger partial charge in [-0.25, -0.2) is 13.1 Å². The van der Waals surface area contributed by atoms with E-state index in [1.807, 2.05) is 0 Å². The first-order valence-corrected chi connectivity index (χ1v) is 6.80. The molecule has 0 atom stereocenters. The summed E-state index contributed by atoms with van der Waals surface area (Å²) in [5, 5.41) is 0. The molecule has 0 aliphatic heterocycles. The molecule has 0 fully saturated rings. The summed E-state index contributed by atoms with van der Waals surface area (Å²) in [6.45, 7) is 2.08. The molecule has 7 heteroatoms. The number of sulfonamides is 1. The van der Waals surface area contributed by atoms with E-state index in [9.17, 15) is 8.42 Å². The van der Waals surface area contributed by atoms with Crippen LogP contribution in [0.1, 0.15) is 6.42 Å². The molecule has 0 heterocycles. The summed E-state index contributed by atoms with van der Waals surface area (Å²) in [5.41, 5.74) is 0. The van der Waals surface area contributed by atoms with E-state index in [-0.39, 0.29) is 5.75 Å². The molecule has 0 aliphatic carbocycles. The number of hydrogen-bond acceptors (Lipinski definition) is 5. The third-order valence-corrected chi connectivity index (χ3v) is 3.23. The molecule has 1 N–H and O–H groups in total. The van der Waals surface area contributed by atoms with Crippen LogP contribution in [0.3, 0.4) is 0 Å². The summed E-state index contributed by atoms with van der Waals surface area (Å²) in [6, 6.07) is 0. The Morgan fingerprint density at radius 1 is 1.00 bits per heavy atom. The second-order valence-electron chi connectivity index (χ2n) is 3.16. The predicted octanol–water partition coefficient (Wildman–Crippen LogP) is -0.395. The molecule has 0 saturated heterocycles. The highest BCUT2D eigenvalue weighted by atomic mass is 32.2. The Hall–Kier alpha value is -0.210. The van der Waals surface area contributed by atoms with Crippen LogP contribution in [0.5, 0.6) is 0 Å². The fraction of sp³-hybridized carbons (Fsp3) is 1.00. The van der Waals surface area contributed by atoms with E-state index in [2.05, 4.69) is 4.72 Å². The van der Waals surface area contributed by atoms with Crippen molar-refractivity contribution >= 4 is 10.0 Å². The van der Waals surface area contributed by atoms with Gasteiger partial charge in [0.2, 0.25) is 10.0 Å². The lowest BCUT2D eigenvalue weighted by Gasteiger charge is -2.07. The molecule has 0 radical (unpaired) electrons. The van der Waals surface area contributed by atoms with E-state index >= 15 is 0 Å². The Labute approximate surface area is 97.3 Å². The third-order valence-electron chi connectivity index (χ3n) is 1.76. The van der Waals surface area contributed by atoms with Gasteiger partial charge < -0.3 is 14.2 Å². The Morgan fingerprint density at radius 2 is 1.69 bits per heavy atom. The molecule has 0 saturated carbocycles. The van der Waals surface area contributed by atoms with Crippen molar-refractivity contribution in [3.05, 3.63) is 0 Å². The van der Waals surface area contributed by atoms with Gasteiger partial charge in [-0.2, -0.15) is 0 Å². The van der Waals surface area contributed by atoms with E-state index in [0.29, 0.717) is 39.4 Å². The van der Waals surface area contributed by atoms with Crippen molar-refractivity contribution in [2.45, 2.75) is 6.42 Å². The zero-order valence-electron chi connectivity index (χ0n) is 9.90. The van der Waals surface area contributed by atoms with Crippen LogP contribution in [0, 0.1) is 0 Å². The van der Waals surface area contributed by atoms with Gasteiger partial charge in [0.1, 0.15) is 0 Å². The summed E-state index contributed by atoms with van der Waals surface area (Å²) in [6.07, 6.45) is 0.496. The first kappa shape index (κ1) is 15.8. The maximum atomic E-state index is 11.3. The first-order valence-electron chi connectivity index (χ1n) is 5.15. The number of rotatable bonds is 11. The van der Waals surface area contributed by atoms with Gasteiger partial charge in [0.15, 0.2) is 0 Å². The summed E-state index contributed by atoms with van der Waals surface area (Å²) < 4.78 is 39.8. The maximum Gasteiger partial charge on any atom is 0.211 e. The van der Waals surface area contributed by atoms with Gasteiger partial charge in [-0.3, -0.25) is 0 Å². The number of hydrogen-bond donors (Lipinski definition) is 1. The second-order valence-corrected chi connectivity index (χ2v) is 5.09. The molecule has 0 aromatic rings. The molecule has 0 unspecified atom stereocenters. The van der Waals surface area contributed by atoms with E-state index in [1.54, 1.807) is 14.2 Å². The largest absolute Gasteiger partial charge is 0.385 e. The molecule has 0 amide bonds. The van der Waals surface area contributed by atoms with Crippen molar-refractivity contribution in [1.82, 2.24) is 4.72 Å². The van der Waals surface area contributed by atoms with Gasteiger partial charge in [0, 0.05) is 27.4 Å². The number of methoxy groups -OCH3 is 2. The van der Waals surface area contributed by atoms with Crippen molar-refractivity contribution in [2.24, 2.45) is 0 Å². The van der Waals surface area contributed by atoms with Crippen molar-refractivity contribution in [3.8, 4) is 0 Å². The summed E-state index contributed by atoms with van der Waals surface area (Å²) >= 11 is 0. The second kappa shape index (κ2) is 9.98. The third kappa shape index (κ3) is 10.3. The molecule has 0 aromatic carbocycles. The molecule has 0 rings (SSSR count). The quantitative estimate of drug-likeness (QED) is 0.509. The van der Waals surface area contributed by atoms with E-state index in [4.69, 9.17) is 14.2 Å². The number of ether oxygens (including phenoxy) is 3. The van der Waals surface area contributed by atoms with Crippen LogP contribution in [-0.4, -0.2) is 61.4 Å². The van der Waals surface area contributed by atoms with Crippen LogP contribution in [0.4, 0.5) is 0 Å². The van der Waals surface area contributed by atoms with Crippen LogP contribution in [-0.2, 0) is 24.2 Å². The zero-order chi connectivity index (χ0) is 12.3. The monoisotopic (exact) mass is 255 g/mol. The highest BCUT2D eigenvalue weighted by Gasteiger charge is 2.08. The average molecular weight is 255 g/mol. The highest BCUT2D eigenvalue weighted by Crippen LogP contribution is 1.89. The van der Waals surface area contributed by atoms with Crippen LogP contribution in [0.15, 0.2) is 0 Å². The fourth-order valence-corrected chi connectivity index (χ4v) is 2.02. The molecule has 0 aromatic heterocycles. The SMILES string of the molecule is COCCCS(=O)(=O)NCCOCCOC. The standard InChI is InChI=1S/C9H21NO5S/c1-13-5-3-9-16(11,12)10-4-6-15-8-7-14-2/h10H,3-9H2,1-2H3. The molecular weight excluding hydrogens is 234 g/mol. The lowest BCUT2D eigenvalue weighted by molar-refractivity contribution is 0.0736. The van der Waals surface area contributed by atoms with Gasteiger partial charge in [-0.05, 0) is 6.42 Å². The van der Waals surface area contributed by atoms with Crippen LogP contribution in [0.25, 0.3) is 0 Å². The van der Waals surface area contributed by atoms with Crippen LogP contribution < -0.4 is 4.72 Å². The highest BCUT2D eigenvalue weighted by molar-refractivity contribution is 7.89. The Morgan fingerprint density at radius 3 is 2.31 bits per heavy atom.